The number of nitrogens with one attached hydrogen (secondary N) is 2. The molecule has 1 aromatic carbocycles. The summed E-state index contributed by atoms with van der Waals surface area (Å²) in [7, 11) is 0. The average Bonchev–Trinajstić information content (AvgIpc) is 3.23. The zero-order valence-corrected chi connectivity index (χ0v) is 21.8. The molecule has 2 aliphatic rings. The van der Waals surface area contributed by atoms with Gasteiger partial charge in [0.15, 0.2) is 5.65 Å². The van der Waals surface area contributed by atoms with Crippen LogP contribution < -0.4 is 16.4 Å². The van der Waals surface area contributed by atoms with Crippen molar-refractivity contribution in [2.24, 2.45) is 11.1 Å². The summed E-state index contributed by atoms with van der Waals surface area (Å²) in [4.78, 5) is 25.9. The molecule has 200 valence electrons. The van der Waals surface area contributed by atoms with Gasteiger partial charge in [0.25, 0.3) is 0 Å². The van der Waals surface area contributed by atoms with Crippen LogP contribution in [0.2, 0.25) is 5.02 Å². The molecule has 0 radical (unpaired) electrons. The number of fused-ring (bicyclic) bond motifs is 1. The topological polar surface area (TPSA) is 155 Å². The summed E-state index contributed by atoms with van der Waals surface area (Å²) in [6.45, 7) is 1.88. The fourth-order valence-electron chi connectivity index (χ4n) is 5.49. The number of primary amides is 1. The van der Waals surface area contributed by atoms with Crippen LogP contribution in [0.1, 0.15) is 69.9 Å². The Labute approximate surface area is 224 Å². The standard InChI is InChI=1S/C26H30ClFN8O2/c1-26(23(30)38)7-5-16(6-8-26)36-22-20(13-31-24(35-22)32-15-3-2-4-17(37)11-15)33-25(36)34-21-18(27)9-14(12-29)10-19(21)28/h9-10,13,15-17,37H,2-8,11H2,1H3,(H2,30,38)(H,33,34)(H,31,32,35)/t15?,16-,17?,26-. The van der Waals surface area contributed by atoms with Crippen molar-refractivity contribution in [1.82, 2.24) is 19.5 Å². The predicted octanol–water partition coefficient (Wildman–Crippen LogP) is 4.56. The Morgan fingerprint density at radius 1 is 1.29 bits per heavy atom. The summed E-state index contributed by atoms with van der Waals surface area (Å²) in [5.74, 6) is -0.246. The number of benzene rings is 1. The Kier molecular flexibility index (Phi) is 7.11. The molecule has 2 unspecified atom stereocenters. The molecule has 0 spiro atoms. The lowest BCUT2D eigenvalue weighted by atomic mass is 9.73. The minimum Gasteiger partial charge on any atom is -0.393 e. The van der Waals surface area contributed by atoms with Gasteiger partial charge in [-0.25, -0.2) is 14.4 Å². The number of amides is 1. The Balaban J connectivity index is 1.53. The lowest BCUT2D eigenvalue weighted by Crippen LogP contribution is -2.38. The molecular weight excluding hydrogens is 511 g/mol. The van der Waals surface area contributed by atoms with Crippen molar-refractivity contribution in [2.75, 3.05) is 10.6 Å². The van der Waals surface area contributed by atoms with Crippen LogP contribution in [0.25, 0.3) is 11.2 Å². The predicted molar refractivity (Wildman–Crippen MR) is 141 cm³/mol. The van der Waals surface area contributed by atoms with Crippen molar-refractivity contribution in [1.29, 1.82) is 5.26 Å². The molecule has 5 N–H and O–H groups in total. The van der Waals surface area contributed by atoms with Crippen molar-refractivity contribution in [3.8, 4) is 6.07 Å². The number of aliphatic hydroxyl groups is 1. The van der Waals surface area contributed by atoms with Crippen LogP contribution in [0.4, 0.5) is 22.0 Å². The number of aliphatic hydroxyl groups excluding tert-OH is 1. The molecule has 2 fully saturated rings. The first kappa shape index (κ1) is 26.1. The highest BCUT2D eigenvalue weighted by molar-refractivity contribution is 6.33. The molecule has 2 saturated carbocycles. The maximum atomic E-state index is 14.9. The number of nitrogens with zero attached hydrogens (tertiary/aromatic N) is 5. The van der Waals surface area contributed by atoms with Crippen LogP contribution in [0.15, 0.2) is 18.3 Å². The Morgan fingerprint density at radius 3 is 2.71 bits per heavy atom. The average molecular weight is 541 g/mol. The molecule has 2 aromatic heterocycles. The van der Waals surface area contributed by atoms with Crippen LogP contribution in [0.5, 0.6) is 0 Å². The van der Waals surface area contributed by atoms with E-state index in [0.29, 0.717) is 55.2 Å². The Hall–Kier alpha value is -3.49. The van der Waals surface area contributed by atoms with E-state index in [-0.39, 0.29) is 40.4 Å². The number of aromatic nitrogens is 4. The van der Waals surface area contributed by atoms with Crippen LogP contribution in [0, 0.1) is 22.6 Å². The van der Waals surface area contributed by atoms with Gasteiger partial charge in [-0.15, -0.1) is 0 Å². The number of nitrogens with two attached hydrogens (primary N) is 1. The third kappa shape index (κ3) is 5.11. The van der Waals surface area contributed by atoms with Crippen LogP contribution in [0.3, 0.4) is 0 Å². The fraction of sp³-hybridized carbons (Fsp3) is 0.500. The minimum atomic E-state index is -0.679. The molecule has 2 aliphatic carbocycles. The first-order valence-corrected chi connectivity index (χ1v) is 13.2. The summed E-state index contributed by atoms with van der Waals surface area (Å²) in [5.41, 5.74) is 6.25. The second-order valence-electron chi connectivity index (χ2n) is 10.6. The van der Waals surface area contributed by atoms with E-state index in [4.69, 9.17) is 27.6 Å². The molecular formula is C26H30ClFN8O2. The van der Waals surface area contributed by atoms with E-state index in [1.165, 1.54) is 6.07 Å². The maximum Gasteiger partial charge on any atom is 0.224 e. The highest BCUT2D eigenvalue weighted by atomic mass is 35.5. The Bertz CT molecular complexity index is 1390. The molecule has 2 atom stereocenters. The second-order valence-corrected chi connectivity index (χ2v) is 11.0. The van der Waals surface area contributed by atoms with E-state index in [2.05, 4.69) is 20.6 Å². The second kappa shape index (κ2) is 10.3. The zero-order valence-electron chi connectivity index (χ0n) is 21.0. The molecule has 12 heteroatoms. The van der Waals surface area contributed by atoms with E-state index in [1.807, 2.05) is 17.6 Å². The van der Waals surface area contributed by atoms with E-state index in [1.54, 1.807) is 6.20 Å². The van der Waals surface area contributed by atoms with Crippen molar-refractivity contribution >= 4 is 46.3 Å². The molecule has 0 saturated heterocycles. The first-order valence-electron chi connectivity index (χ1n) is 12.8. The van der Waals surface area contributed by atoms with E-state index in [0.717, 1.165) is 25.3 Å². The Morgan fingerprint density at radius 2 is 2.05 bits per heavy atom. The number of imidazole rings is 1. The summed E-state index contributed by atoms with van der Waals surface area (Å²) >= 11 is 6.32. The highest BCUT2D eigenvalue weighted by Gasteiger charge is 2.38. The normalized spacial score (nSPS) is 25.6. The summed E-state index contributed by atoms with van der Waals surface area (Å²) < 4.78 is 16.8. The molecule has 5 rings (SSSR count). The molecule has 3 aromatic rings. The quantitative estimate of drug-likeness (QED) is 0.355. The number of nitriles is 1. The van der Waals surface area contributed by atoms with Gasteiger partial charge in [-0.05, 0) is 63.5 Å². The number of carbonyl (C=O) groups is 1. The van der Waals surface area contributed by atoms with Gasteiger partial charge in [0.1, 0.15) is 11.3 Å². The number of hydrogen-bond donors (Lipinski definition) is 4. The molecule has 0 bridgehead atoms. The van der Waals surface area contributed by atoms with Gasteiger partial charge in [-0.1, -0.05) is 18.5 Å². The van der Waals surface area contributed by atoms with Crippen molar-refractivity contribution in [3.63, 3.8) is 0 Å². The highest BCUT2D eigenvalue weighted by Crippen LogP contribution is 2.43. The van der Waals surface area contributed by atoms with Gasteiger partial charge in [-0.3, -0.25) is 9.36 Å². The van der Waals surface area contributed by atoms with Gasteiger partial charge in [0.05, 0.1) is 34.6 Å². The van der Waals surface area contributed by atoms with Crippen molar-refractivity contribution in [3.05, 3.63) is 34.7 Å². The fourth-order valence-corrected chi connectivity index (χ4v) is 5.74. The van der Waals surface area contributed by atoms with Crippen LogP contribution >= 0.6 is 11.6 Å². The number of carbonyl (C=O) groups excluding carboxylic acids is 1. The summed E-state index contributed by atoms with van der Waals surface area (Å²) in [5, 5.41) is 25.6. The lowest BCUT2D eigenvalue weighted by molar-refractivity contribution is -0.128. The number of hydrogen-bond acceptors (Lipinski definition) is 8. The lowest BCUT2D eigenvalue weighted by Gasteiger charge is -2.35. The number of rotatable bonds is 6. The third-order valence-corrected chi connectivity index (χ3v) is 8.14. The summed E-state index contributed by atoms with van der Waals surface area (Å²) in [6, 6.07) is 4.36. The van der Waals surface area contributed by atoms with Gasteiger partial charge in [0.2, 0.25) is 17.8 Å². The van der Waals surface area contributed by atoms with E-state index < -0.39 is 11.2 Å². The van der Waals surface area contributed by atoms with Crippen LogP contribution in [-0.4, -0.2) is 42.7 Å². The molecule has 10 nitrogen and oxygen atoms in total. The summed E-state index contributed by atoms with van der Waals surface area (Å²) in [6.07, 6.45) is 6.98. The first-order chi connectivity index (χ1) is 18.2. The van der Waals surface area contributed by atoms with Gasteiger partial charge in [0, 0.05) is 17.5 Å². The zero-order chi connectivity index (χ0) is 27.0. The molecule has 1 amide bonds. The minimum absolute atomic E-state index is 0.00232. The smallest absolute Gasteiger partial charge is 0.224 e. The number of halogens is 2. The van der Waals surface area contributed by atoms with Crippen LogP contribution in [-0.2, 0) is 4.79 Å². The van der Waals surface area contributed by atoms with Gasteiger partial charge >= 0.3 is 0 Å². The van der Waals surface area contributed by atoms with Crippen molar-refractivity contribution < 1.29 is 14.3 Å². The van der Waals surface area contributed by atoms with E-state index in [9.17, 15) is 14.3 Å². The number of anilines is 3. The third-order valence-electron chi connectivity index (χ3n) is 7.84. The van der Waals surface area contributed by atoms with E-state index >= 15 is 0 Å². The van der Waals surface area contributed by atoms with Gasteiger partial charge in [-0.2, -0.15) is 10.2 Å². The molecule has 0 aliphatic heterocycles. The largest absolute Gasteiger partial charge is 0.393 e. The van der Waals surface area contributed by atoms with Gasteiger partial charge < -0.3 is 21.5 Å². The molecule has 38 heavy (non-hydrogen) atoms. The monoisotopic (exact) mass is 540 g/mol. The molecule has 2 heterocycles. The maximum absolute atomic E-state index is 14.9. The SMILES string of the molecule is C[C@]1(C(N)=O)CC[C@H](n2c(Nc3c(F)cc(C#N)cc3Cl)nc3cnc(NC4CCCC(O)C4)nc32)CC1. The van der Waals surface area contributed by atoms with Crippen molar-refractivity contribution in [2.45, 2.75) is 76.5 Å².